The van der Waals surface area contributed by atoms with Gasteiger partial charge in [0, 0.05) is 11.8 Å². The van der Waals surface area contributed by atoms with E-state index in [1.54, 1.807) is 11.8 Å². The first kappa shape index (κ1) is 15.3. The molecule has 0 heterocycles. The van der Waals surface area contributed by atoms with Crippen LogP contribution < -0.4 is 10.5 Å². The second-order valence-electron chi connectivity index (χ2n) is 3.92. The molecule has 1 aromatic rings. The summed E-state index contributed by atoms with van der Waals surface area (Å²) < 4.78 is 39.3. The molecule has 0 aliphatic heterocycles. The van der Waals surface area contributed by atoms with Crippen molar-refractivity contribution in [3.05, 3.63) is 24.0 Å². The van der Waals surface area contributed by atoms with Crippen LogP contribution in [-0.2, 0) is 10.0 Å². The summed E-state index contributed by atoms with van der Waals surface area (Å²) in [5.41, 5.74) is 5.23. The normalized spacial score (nSPS) is 13.5. The number of anilines is 1. The highest BCUT2D eigenvalue weighted by atomic mass is 32.2. The molecule has 1 aromatic carbocycles. The molecule has 7 heteroatoms. The Bertz CT molecular complexity index is 506. The first-order chi connectivity index (χ1) is 8.36. The van der Waals surface area contributed by atoms with Crippen LogP contribution in [0.15, 0.2) is 23.1 Å². The topological polar surface area (TPSA) is 72.2 Å². The highest BCUT2D eigenvalue weighted by Crippen LogP contribution is 2.16. The Balaban J connectivity index is 2.71. The molecular formula is C11H17FN2O2S2. The third-order valence-corrected chi connectivity index (χ3v) is 5.03. The van der Waals surface area contributed by atoms with Crippen molar-refractivity contribution in [2.24, 2.45) is 0 Å². The molecular weight excluding hydrogens is 275 g/mol. The number of hydrogen-bond donors (Lipinski definition) is 2. The lowest BCUT2D eigenvalue weighted by atomic mass is 10.3. The van der Waals surface area contributed by atoms with Gasteiger partial charge in [-0.25, -0.2) is 17.5 Å². The molecule has 0 amide bonds. The fourth-order valence-electron chi connectivity index (χ4n) is 1.27. The van der Waals surface area contributed by atoms with Gasteiger partial charge in [-0.15, -0.1) is 0 Å². The highest BCUT2D eigenvalue weighted by molar-refractivity contribution is 7.99. The molecule has 1 unspecified atom stereocenters. The Labute approximate surface area is 111 Å². The van der Waals surface area contributed by atoms with E-state index in [0.717, 1.165) is 12.5 Å². The minimum atomic E-state index is -3.66. The van der Waals surface area contributed by atoms with Crippen LogP contribution in [0.2, 0.25) is 0 Å². The number of halogens is 1. The number of nitrogens with two attached hydrogens (primary N) is 1. The van der Waals surface area contributed by atoms with Gasteiger partial charge in [-0.3, -0.25) is 0 Å². The monoisotopic (exact) mass is 292 g/mol. The number of benzene rings is 1. The molecule has 0 saturated heterocycles. The minimum absolute atomic E-state index is 0.0649. The summed E-state index contributed by atoms with van der Waals surface area (Å²) in [7, 11) is -3.66. The summed E-state index contributed by atoms with van der Waals surface area (Å²) >= 11 is 1.66. The first-order valence-corrected chi connectivity index (χ1v) is 8.21. The Kier molecular flexibility index (Phi) is 5.43. The zero-order valence-electron chi connectivity index (χ0n) is 10.3. The maximum Gasteiger partial charge on any atom is 0.240 e. The van der Waals surface area contributed by atoms with E-state index >= 15 is 0 Å². The Hall–Kier alpha value is -0.790. The third kappa shape index (κ3) is 4.15. The maximum absolute atomic E-state index is 13.2. The van der Waals surface area contributed by atoms with Crippen LogP contribution in [-0.4, -0.2) is 26.5 Å². The lowest BCUT2D eigenvalue weighted by molar-refractivity contribution is 0.575. The molecule has 18 heavy (non-hydrogen) atoms. The number of hydrogen-bond acceptors (Lipinski definition) is 4. The number of thioether (sulfide) groups is 1. The highest BCUT2D eigenvalue weighted by Gasteiger charge is 2.15. The minimum Gasteiger partial charge on any atom is -0.396 e. The van der Waals surface area contributed by atoms with E-state index in [1.165, 1.54) is 12.1 Å². The summed E-state index contributed by atoms with van der Waals surface area (Å²) in [4.78, 5) is -0.106. The molecule has 0 fully saturated rings. The largest absolute Gasteiger partial charge is 0.396 e. The smallest absolute Gasteiger partial charge is 0.240 e. The van der Waals surface area contributed by atoms with E-state index in [9.17, 15) is 12.8 Å². The van der Waals surface area contributed by atoms with Crippen molar-refractivity contribution in [3.8, 4) is 0 Å². The fraction of sp³-hybridized carbons (Fsp3) is 0.455. The predicted molar refractivity (Wildman–Crippen MR) is 73.6 cm³/mol. The van der Waals surface area contributed by atoms with E-state index in [-0.39, 0.29) is 10.6 Å². The van der Waals surface area contributed by atoms with Crippen molar-refractivity contribution in [3.63, 3.8) is 0 Å². The lowest BCUT2D eigenvalue weighted by Gasteiger charge is -2.10. The van der Waals surface area contributed by atoms with Gasteiger partial charge < -0.3 is 5.73 Å². The molecule has 102 valence electrons. The second kappa shape index (κ2) is 6.40. The van der Waals surface area contributed by atoms with E-state index in [4.69, 9.17) is 5.73 Å². The van der Waals surface area contributed by atoms with Crippen molar-refractivity contribution in [1.82, 2.24) is 4.72 Å². The average molecular weight is 292 g/mol. The second-order valence-corrected chi connectivity index (χ2v) is 6.96. The molecule has 0 saturated carbocycles. The van der Waals surface area contributed by atoms with Crippen LogP contribution in [0.25, 0.3) is 0 Å². The van der Waals surface area contributed by atoms with Gasteiger partial charge in [0.1, 0.15) is 5.82 Å². The Morgan fingerprint density at radius 1 is 1.50 bits per heavy atom. The molecule has 4 nitrogen and oxygen atoms in total. The average Bonchev–Trinajstić information content (AvgIpc) is 2.32. The molecule has 3 N–H and O–H groups in total. The van der Waals surface area contributed by atoms with Crippen LogP contribution in [0, 0.1) is 5.82 Å². The van der Waals surface area contributed by atoms with Crippen LogP contribution in [0.5, 0.6) is 0 Å². The fourth-order valence-corrected chi connectivity index (χ4v) is 2.69. The van der Waals surface area contributed by atoms with Crippen LogP contribution >= 0.6 is 11.8 Å². The summed E-state index contributed by atoms with van der Waals surface area (Å²) in [6, 6.07) is 3.46. The Morgan fingerprint density at radius 3 is 2.72 bits per heavy atom. The molecule has 0 spiro atoms. The van der Waals surface area contributed by atoms with Crippen LogP contribution in [0.3, 0.4) is 0 Å². The van der Waals surface area contributed by atoms with Crippen LogP contribution in [0.1, 0.15) is 13.3 Å². The SMILES string of the molecule is CSC(C)CCNS(=O)(=O)c1ccc(N)c(F)c1. The first-order valence-electron chi connectivity index (χ1n) is 5.44. The van der Waals surface area contributed by atoms with Crippen molar-refractivity contribution >= 4 is 27.5 Å². The van der Waals surface area contributed by atoms with Crippen molar-refractivity contribution in [2.75, 3.05) is 18.5 Å². The van der Waals surface area contributed by atoms with Gasteiger partial charge in [-0.1, -0.05) is 6.92 Å². The standard InChI is InChI=1S/C11H17FN2O2S2/c1-8(17-2)5-6-14-18(15,16)9-3-4-11(13)10(12)7-9/h3-4,7-8,14H,5-6,13H2,1-2H3. The van der Waals surface area contributed by atoms with Gasteiger partial charge in [0.2, 0.25) is 10.0 Å². The van der Waals surface area contributed by atoms with E-state index < -0.39 is 15.8 Å². The van der Waals surface area contributed by atoms with Crippen molar-refractivity contribution < 1.29 is 12.8 Å². The molecule has 0 bridgehead atoms. The summed E-state index contributed by atoms with van der Waals surface area (Å²) in [6.45, 7) is 2.35. The number of sulfonamides is 1. The molecule has 0 aromatic heterocycles. The molecule has 1 atom stereocenters. The van der Waals surface area contributed by atoms with Crippen molar-refractivity contribution in [2.45, 2.75) is 23.5 Å². The van der Waals surface area contributed by atoms with Gasteiger partial charge in [0.15, 0.2) is 0 Å². The number of nitrogens with one attached hydrogen (secondary N) is 1. The van der Waals surface area contributed by atoms with Crippen LogP contribution in [0.4, 0.5) is 10.1 Å². The van der Waals surface area contributed by atoms with Gasteiger partial charge >= 0.3 is 0 Å². The van der Waals surface area contributed by atoms with Gasteiger partial charge in [0.25, 0.3) is 0 Å². The quantitative estimate of drug-likeness (QED) is 0.785. The Morgan fingerprint density at radius 2 is 2.17 bits per heavy atom. The van der Waals surface area contributed by atoms with Gasteiger partial charge in [-0.2, -0.15) is 11.8 Å². The molecule has 0 radical (unpaired) electrons. The maximum atomic E-state index is 13.2. The third-order valence-electron chi connectivity index (χ3n) is 2.53. The lowest BCUT2D eigenvalue weighted by Crippen LogP contribution is -2.26. The zero-order chi connectivity index (χ0) is 13.8. The van der Waals surface area contributed by atoms with Crippen molar-refractivity contribution in [1.29, 1.82) is 0 Å². The summed E-state index contributed by atoms with van der Waals surface area (Å²) in [6.07, 6.45) is 2.69. The van der Waals surface area contributed by atoms with E-state index in [2.05, 4.69) is 4.72 Å². The number of nitrogen functional groups attached to an aromatic ring is 1. The van der Waals surface area contributed by atoms with Gasteiger partial charge in [-0.05, 0) is 30.9 Å². The molecule has 0 aliphatic rings. The van der Waals surface area contributed by atoms with E-state index in [1.807, 2.05) is 13.2 Å². The molecule has 0 aliphatic carbocycles. The van der Waals surface area contributed by atoms with E-state index in [0.29, 0.717) is 11.8 Å². The molecule has 1 rings (SSSR count). The number of rotatable bonds is 6. The summed E-state index contributed by atoms with van der Waals surface area (Å²) in [5.74, 6) is -0.727. The zero-order valence-corrected chi connectivity index (χ0v) is 11.9. The van der Waals surface area contributed by atoms with Gasteiger partial charge in [0.05, 0.1) is 10.6 Å². The predicted octanol–water partition coefficient (Wildman–Crippen LogP) is 1.83. The summed E-state index contributed by atoms with van der Waals surface area (Å²) in [5, 5.41) is 0.371.